The van der Waals surface area contributed by atoms with Gasteiger partial charge in [-0.3, -0.25) is 14.9 Å². The SMILES string of the molecule is Cc1ccc(C(C(=O)O)=C2SC(=O)NC2=O)cc1. The van der Waals surface area contributed by atoms with E-state index in [2.05, 4.69) is 0 Å². The highest BCUT2D eigenvalue weighted by Crippen LogP contribution is 2.31. The Morgan fingerprint density at radius 1 is 1.22 bits per heavy atom. The summed E-state index contributed by atoms with van der Waals surface area (Å²) in [5.74, 6) is -1.89. The lowest BCUT2D eigenvalue weighted by Crippen LogP contribution is -2.19. The first-order valence-electron chi connectivity index (χ1n) is 5.07. The van der Waals surface area contributed by atoms with Gasteiger partial charge in [0.05, 0.1) is 10.5 Å². The topological polar surface area (TPSA) is 83.5 Å². The number of carboxylic acids is 1. The van der Waals surface area contributed by atoms with Crippen molar-refractivity contribution in [2.45, 2.75) is 6.92 Å². The maximum absolute atomic E-state index is 11.5. The number of carboxylic acid groups (broad SMARTS) is 1. The van der Waals surface area contributed by atoms with Crippen molar-refractivity contribution < 1.29 is 19.5 Å². The summed E-state index contributed by atoms with van der Waals surface area (Å²) < 4.78 is 0. The Bertz CT molecular complexity index is 574. The maximum atomic E-state index is 11.5. The van der Waals surface area contributed by atoms with Crippen LogP contribution in [-0.4, -0.2) is 22.2 Å². The van der Waals surface area contributed by atoms with Crippen LogP contribution < -0.4 is 5.32 Å². The van der Waals surface area contributed by atoms with Crippen LogP contribution in [0.1, 0.15) is 11.1 Å². The lowest BCUT2D eigenvalue weighted by Gasteiger charge is -2.05. The first kappa shape index (κ1) is 12.4. The summed E-state index contributed by atoms with van der Waals surface area (Å²) in [6.07, 6.45) is 0. The lowest BCUT2D eigenvalue weighted by atomic mass is 10.0. The second-order valence-corrected chi connectivity index (χ2v) is 4.70. The van der Waals surface area contributed by atoms with Gasteiger partial charge in [0.1, 0.15) is 0 Å². The Hall–Kier alpha value is -2.08. The van der Waals surface area contributed by atoms with Gasteiger partial charge in [0.2, 0.25) is 0 Å². The van der Waals surface area contributed by atoms with E-state index in [0.29, 0.717) is 17.3 Å². The first-order valence-corrected chi connectivity index (χ1v) is 5.88. The van der Waals surface area contributed by atoms with Gasteiger partial charge in [-0.1, -0.05) is 29.8 Å². The van der Waals surface area contributed by atoms with Gasteiger partial charge in [-0.25, -0.2) is 4.79 Å². The van der Waals surface area contributed by atoms with E-state index >= 15 is 0 Å². The van der Waals surface area contributed by atoms with Crippen LogP contribution in [0.25, 0.3) is 5.57 Å². The van der Waals surface area contributed by atoms with Gasteiger partial charge in [-0.05, 0) is 24.2 Å². The molecular weight excluding hydrogens is 254 g/mol. The summed E-state index contributed by atoms with van der Waals surface area (Å²) in [6, 6.07) is 6.72. The van der Waals surface area contributed by atoms with Crippen LogP contribution in [-0.2, 0) is 9.59 Å². The number of benzene rings is 1. The van der Waals surface area contributed by atoms with Gasteiger partial charge in [0.25, 0.3) is 11.1 Å². The van der Waals surface area contributed by atoms with Crippen LogP contribution in [0.4, 0.5) is 4.79 Å². The molecule has 0 aromatic heterocycles. The second kappa shape index (κ2) is 4.66. The maximum Gasteiger partial charge on any atom is 0.337 e. The normalized spacial score (nSPS) is 17.6. The average Bonchev–Trinajstić information content (AvgIpc) is 2.61. The summed E-state index contributed by atoms with van der Waals surface area (Å²) in [6.45, 7) is 1.87. The Morgan fingerprint density at radius 3 is 2.28 bits per heavy atom. The van der Waals surface area contributed by atoms with Crippen molar-refractivity contribution in [1.29, 1.82) is 0 Å². The molecule has 1 aliphatic rings. The van der Waals surface area contributed by atoms with E-state index in [0.717, 1.165) is 5.56 Å². The molecule has 1 aliphatic heterocycles. The minimum absolute atomic E-state index is 0.0728. The highest BCUT2D eigenvalue weighted by atomic mass is 32.2. The molecule has 2 amide bonds. The molecule has 1 aromatic rings. The standard InChI is InChI=1S/C12H9NO4S/c1-6-2-4-7(5-3-6)8(11(15)16)9-10(14)13-12(17)18-9/h2-5H,1H3,(H,15,16)(H,13,14,17). The first-order chi connectivity index (χ1) is 8.49. The van der Waals surface area contributed by atoms with Crippen molar-refractivity contribution in [3.05, 3.63) is 40.3 Å². The van der Waals surface area contributed by atoms with E-state index in [1.807, 2.05) is 12.2 Å². The van der Waals surface area contributed by atoms with E-state index in [-0.39, 0.29) is 10.5 Å². The van der Waals surface area contributed by atoms with Gasteiger partial charge in [-0.15, -0.1) is 0 Å². The molecule has 1 heterocycles. The highest BCUT2D eigenvalue weighted by molar-refractivity contribution is 8.18. The molecule has 0 unspecified atom stereocenters. The van der Waals surface area contributed by atoms with Crippen molar-refractivity contribution in [1.82, 2.24) is 5.32 Å². The summed E-state index contributed by atoms with van der Waals surface area (Å²) in [7, 11) is 0. The number of thioether (sulfide) groups is 1. The lowest BCUT2D eigenvalue weighted by molar-refractivity contribution is -0.130. The van der Waals surface area contributed by atoms with Gasteiger partial charge < -0.3 is 5.11 Å². The van der Waals surface area contributed by atoms with Crippen LogP contribution in [0.15, 0.2) is 29.2 Å². The Labute approximate surface area is 107 Å². The quantitative estimate of drug-likeness (QED) is 0.794. The molecule has 0 bridgehead atoms. The van der Waals surface area contributed by atoms with E-state index in [9.17, 15) is 19.5 Å². The molecule has 2 rings (SSSR count). The molecule has 1 fully saturated rings. The van der Waals surface area contributed by atoms with Crippen molar-refractivity contribution in [3.63, 3.8) is 0 Å². The van der Waals surface area contributed by atoms with Gasteiger partial charge in [-0.2, -0.15) is 0 Å². The third-order valence-electron chi connectivity index (χ3n) is 2.40. The Morgan fingerprint density at radius 2 is 1.83 bits per heavy atom. The number of aliphatic carboxylic acids is 1. The fourth-order valence-electron chi connectivity index (χ4n) is 1.55. The minimum atomic E-state index is -1.23. The fourth-order valence-corrected chi connectivity index (χ4v) is 2.33. The molecule has 0 saturated carbocycles. The summed E-state index contributed by atoms with van der Waals surface area (Å²) in [4.78, 5) is 33.8. The zero-order valence-corrected chi connectivity index (χ0v) is 10.2. The molecule has 2 N–H and O–H groups in total. The zero-order valence-electron chi connectivity index (χ0n) is 9.39. The van der Waals surface area contributed by atoms with Crippen molar-refractivity contribution in [2.24, 2.45) is 0 Å². The number of carbonyl (C=O) groups excluding carboxylic acids is 2. The largest absolute Gasteiger partial charge is 0.478 e. The summed E-state index contributed by atoms with van der Waals surface area (Å²) >= 11 is 0.608. The van der Waals surface area contributed by atoms with Crippen LogP contribution >= 0.6 is 11.8 Å². The molecule has 0 atom stereocenters. The van der Waals surface area contributed by atoms with E-state index in [1.54, 1.807) is 24.3 Å². The molecule has 92 valence electrons. The van der Waals surface area contributed by atoms with Crippen molar-refractivity contribution in [3.8, 4) is 0 Å². The monoisotopic (exact) mass is 263 g/mol. The van der Waals surface area contributed by atoms with Crippen LogP contribution in [0.2, 0.25) is 0 Å². The van der Waals surface area contributed by atoms with E-state index < -0.39 is 17.1 Å². The average molecular weight is 263 g/mol. The number of rotatable bonds is 2. The molecule has 1 aromatic carbocycles. The predicted molar refractivity (Wildman–Crippen MR) is 66.9 cm³/mol. The Kier molecular flexibility index (Phi) is 3.20. The van der Waals surface area contributed by atoms with Gasteiger partial charge >= 0.3 is 5.97 Å². The number of nitrogens with one attached hydrogen (secondary N) is 1. The molecule has 5 nitrogen and oxygen atoms in total. The van der Waals surface area contributed by atoms with Gasteiger partial charge in [0.15, 0.2) is 0 Å². The third kappa shape index (κ3) is 2.28. The Balaban J connectivity index is 2.56. The molecule has 6 heteroatoms. The van der Waals surface area contributed by atoms with Crippen molar-refractivity contribution >= 4 is 34.5 Å². The molecule has 0 aliphatic carbocycles. The summed E-state index contributed by atoms with van der Waals surface area (Å²) in [5, 5.41) is 10.7. The number of imide groups is 1. The second-order valence-electron chi connectivity index (χ2n) is 3.72. The van der Waals surface area contributed by atoms with E-state index in [1.165, 1.54) is 0 Å². The summed E-state index contributed by atoms with van der Waals surface area (Å²) in [5.41, 5.74) is 1.23. The van der Waals surface area contributed by atoms with E-state index in [4.69, 9.17) is 0 Å². The molecular formula is C12H9NO4S. The predicted octanol–water partition coefficient (Wildman–Crippen LogP) is 1.77. The molecule has 0 spiro atoms. The number of amides is 2. The minimum Gasteiger partial charge on any atom is -0.478 e. The van der Waals surface area contributed by atoms with Crippen LogP contribution in [0.5, 0.6) is 0 Å². The van der Waals surface area contributed by atoms with Crippen molar-refractivity contribution in [2.75, 3.05) is 0 Å². The van der Waals surface area contributed by atoms with Crippen LogP contribution in [0.3, 0.4) is 0 Å². The molecule has 1 saturated heterocycles. The molecule has 18 heavy (non-hydrogen) atoms. The van der Waals surface area contributed by atoms with Crippen LogP contribution in [0, 0.1) is 6.92 Å². The van der Waals surface area contributed by atoms with Gasteiger partial charge in [0, 0.05) is 0 Å². The number of hydrogen-bond acceptors (Lipinski definition) is 4. The highest BCUT2D eigenvalue weighted by Gasteiger charge is 2.31. The molecule has 0 radical (unpaired) electrons. The number of hydrogen-bond donors (Lipinski definition) is 2. The number of aryl methyl sites for hydroxylation is 1. The number of carbonyl (C=O) groups is 3. The zero-order chi connectivity index (χ0) is 13.3. The fraction of sp³-hybridized carbons (Fsp3) is 0.0833. The smallest absolute Gasteiger partial charge is 0.337 e. The third-order valence-corrected chi connectivity index (χ3v) is 3.28.